The molecule has 0 spiro atoms. The van der Waals surface area contributed by atoms with Gasteiger partial charge in [0, 0.05) is 11.2 Å². The quantitative estimate of drug-likeness (QED) is 0.533. The van der Waals surface area contributed by atoms with E-state index in [9.17, 15) is 14.3 Å². The van der Waals surface area contributed by atoms with Gasteiger partial charge in [0.25, 0.3) is 5.56 Å². The Labute approximate surface area is 151 Å². The third-order valence-electron chi connectivity index (χ3n) is 3.38. The highest BCUT2D eigenvalue weighted by molar-refractivity contribution is 7.71. The van der Waals surface area contributed by atoms with Crippen LogP contribution in [0.1, 0.15) is 5.56 Å². The highest BCUT2D eigenvalue weighted by atomic mass is 35.5. The summed E-state index contributed by atoms with van der Waals surface area (Å²) in [5.41, 5.74) is 0.298. The van der Waals surface area contributed by atoms with E-state index in [2.05, 4.69) is 9.98 Å². The predicted molar refractivity (Wildman–Crippen MR) is 97.6 cm³/mol. The SMILES string of the molecule is O=c1[nH]c(=S)n(-c2ccc(F)cc2)c(O)c1C=Nc1ccc(Cl)cc1. The number of nitrogens with zero attached hydrogens (tertiary/aromatic N) is 2. The number of aromatic nitrogens is 2. The molecule has 126 valence electrons. The summed E-state index contributed by atoms with van der Waals surface area (Å²) in [5.74, 6) is -0.818. The zero-order valence-electron chi connectivity index (χ0n) is 12.6. The van der Waals surface area contributed by atoms with Gasteiger partial charge in [0.05, 0.1) is 11.4 Å². The normalized spacial score (nSPS) is 11.1. The van der Waals surface area contributed by atoms with Crippen molar-refractivity contribution in [2.45, 2.75) is 0 Å². The number of nitrogens with one attached hydrogen (secondary N) is 1. The molecule has 0 aliphatic heterocycles. The van der Waals surface area contributed by atoms with Crippen LogP contribution in [0.5, 0.6) is 5.88 Å². The second kappa shape index (κ2) is 7.00. The van der Waals surface area contributed by atoms with Gasteiger partial charge in [0.1, 0.15) is 11.4 Å². The van der Waals surface area contributed by atoms with Crippen molar-refractivity contribution >= 4 is 35.7 Å². The molecule has 5 nitrogen and oxygen atoms in total. The first kappa shape index (κ1) is 17.1. The van der Waals surface area contributed by atoms with E-state index in [4.69, 9.17) is 23.8 Å². The van der Waals surface area contributed by atoms with Crippen molar-refractivity contribution in [1.29, 1.82) is 0 Å². The first-order valence-electron chi connectivity index (χ1n) is 7.09. The van der Waals surface area contributed by atoms with Crippen molar-refractivity contribution in [2.75, 3.05) is 0 Å². The van der Waals surface area contributed by atoms with E-state index in [0.29, 0.717) is 16.4 Å². The Morgan fingerprint density at radius 1 is 1.16 bits per heavy atom. The number of benzene rings is 2. The Morgan fingerprint density at radius 3 is 2.44 bits per heavy atom. The zero-order chi connectivity index (χ0) is 18.0. The van der Waals surface area contributed by atoms with Crippen LogP contribution in [-0.4, -0.2) is 20.9 Å². The predicted octanol–water partition coefficient (Wildman–Crippen LogP) is 4.14. The number of aliphatic imine (C=N–C) groups is 1. The fraction of sp³-hybridized carbons (Fsp3) is 0. The van der Waals surface area contributed by atoms with Crippen molar-refractivity contribution < 1.29 is 9.50 Å². The lowest BCUT2D eigenvalue weighted by molar-refractivity contribution is 0.432. The van der Waals surface area contributed by atoms with E-state index < -0.39 is 17.3 Å². The van der Waals surface area contributed by atoms with Crippen molar-refractivity contribution in [1.82, 2.24) is 9.55 Å². The minimum Gasteiger partial charge on any atom is -0.494 e. The number of hydrogen-bond donors (Lipinski definition) is 2. The summed E-state index contributed by atoms with van der Waals surface area (Å²) >= 11 is 10.9. The number of hydrogen-bond acceptors (Lipinski definition) is 4. The van der Waals surface area contributed by atoms with Gasteiger partial charge in [-0.05, 0) is 60.7 Å². The summed E-state index contributed by atoms with van der Waals surface area (Å²) < 4.78 is 14.3. The third-order valence-corrected chi connectivity index (χ3v) is 3.91. The number of rotatable bonds is 3. The van der Waals surface area contributed by atoms with Crippen LogP contribution >= 0.6 is 23.8 Å². The molecular formula is C17H11ClFN3O2S. The van der Waals surface area contributed by atoms with Crippen molar-refractivity contribution in [3.63, 3.8) is 0 Å². The van der Waals surface area contributed by atoms with E-state index >= 15 is 0 Å². The van der Waals surface area contributed by atoms with Crippen molar-refractivity contribution in [3.8, 4) is 11.6 Å². The van der Waals surface area contributed by atoms with Crippen molar-refractivity contribution in [3.05, 3.63) is 80.1 Å². The summed E-state index contributed by atoms with van der Waals surface area (Å²) in [6.45, 7) is 0. The highest BCUT2D eigenvalue weighted by Gasteiger charge is 2.12. The monoisotopic (exact) mass is 375 g/mol. The second-order valence-electron chi connectivity index (χ2n) is 5.04. The molecule has 3 aromatic rings. The molecule has 8 heteroatoms. The Morgan fingerprint density at radius 2 is 1.80 bits per heavy atom. The first-order valence-corrected chi connectivity index (χ1v) is 7.88. The van der Waals surface area contributed by atoms with Crippen LogP contribution in [0.15, 0.2) is 58.3 Å². The summed E-state index contributed by atoms with van der Waals surface area (Å²) in [6.07, 6.45) is 1.23. The summed E-state index contributed by atoms with van der Waals surface area (Å²) in [5, 5.41) is 11.0. The Bertz CT molecular complexity index is 1060. The summed E-state index contributed by atoms with van der Waals surface area (Å²) in [7, 11) is 0. The lowest BCUT2D eigenvalue weighted by Gasteiger charge is -2.11. The second-order valence-corrected chi connectivity index (χ2v) is 5.87. The molecule has 0 aliphatic carbocycles. The molecule has 0 unspecified atom stereocenters. The first-order chi connectivity index (χ1) is 12.0. The van der Waals surface area contributed by atoms with Crippen LogP contribution in [-0.2, 0) is 0 Å². The Hall–Kier alpha value is -2.77. The van der Waals surface area contributed by atoms with E-state index in [0.717, 1.165) is 0 Å². The topological polar surface area (TPSA) is 70.4 Å². The lowest BCUT2D eigenvalue weighted by Crippen LogP contribution is -2.18. The molecule has 0 radical (unpaired) electrons. The van der Waals surface area contributed by atoms with Gasteiger partial charge in [-0.25, -0.2) is 4.39 Å². The zero-order valence-corrected chi connectivity index (χ0v) is 14.2. The summed E-state index contributed by atoms with van der Waals surface area (Å²) in [6, 6.07) is 12.0. The largest absolute Gasteiger partial charge is 0.494 e. The van der Waals surface area contributed by atoms with Gasteiger partial charge in [0.15, 0.2) is 4.77 Å². The maximum Gasteiger partial charge on any atom is 0.264 e. The molecule has 1 heterocycles. The van der Waals surface area contributed by atoms with Gasteiger partial charge in [-0.3, -0.25) is 19.3 Å². The van der Waals surface area contributed by atoms with E-state index in [-0.39, 0.29) is 10.3 Å². The van der Waals surface area contributed by atoms with Gasteiger partial charge in [-0.2, -0.15) is 0 Å². The van der Waals surface area contributed by atoms with Crippen LogP contribution < -0.4 is 5.56 Å². The Balaban J connectivity index is 2.10. The minimum absolute atomic E-state index is 0.0160. The molecule has 0 aliphatic rings. The smallest absolute Gasteiger partial charge is 0.264 e. The van der Waals surface area contributed by atoms with Gasteiger partial charge < -0.3 is 5.11 Å². The maximum absolute atomic E-state index is 13.1. The molecule has 2 aromatic carbocycles. The molecule has 1 aromatic heterocycles. The fourth-order valence-electron chi connectivity index (χ4n) is 2.15. The molecule has 0 saturated carbocycles. The number of aromatic amines is 1. The molecule has 2 N–H and O–H groups in total. The fourth-order valence-corrected chi connectivity index (χ4v) is 2.56. The van der Waals surface area contributed by atoms with Crippen LogP contribution in [0.3, 0.4) is 0 Å². The average Bonchev–Trinajstić information content (AvgIpc) is 2.57. The van der Waals surface area contributed by atoms with Crippen LogP contribution in [0.25, 0.3) is 5.69 Å². The van der Waals surface area contributed by atoms with Gasteiger partial charge in [-0.1, -0.05) is 11.6 Å². The van der Waals surface area contributed by atoms with E-state index in [1.807, 2.05) is 0 Å². The molecule has 25 heavy (non-hydrogen) atoms. The Kier molecular flexibility index (Phi) is 4.78. The molecule has 0 atom stereocenters. The molecule has 0 saturated heterocycles. The average molecular weight is 376 g/mol. The molecule has 3 rings (SSSR count). The van der Waals surface area contributed by atoms with Gasteiger partial charge in [-0.15, -0.1) is 0 Å². The number of halogens is 2. The third kappa shape index (κ3) is 3.67. The number of aromatic hydroxyl groups is 1. The van der Waals surface area contributed by atoms with Crippen LogP contribution in [0.2, 0.25) is 5.02 Å². The standard InChI is InChI=1S/C17H11ClFN3O2S/c18-10-1-5-12(6-2-10)20-9-14-15(23)21-17(25)22(16(14)24)13-7-3-11(19)4-8-13/h1-9,24H,(H,21,23,25). The molecular weight excluding hydrogens is 365 g/mol. The van der Waals surface area contributed by atoms with E-state index in [1.54, 1.807) is 24.3 Å². The summed E-state index contributed by atoms with van der Waals surface area (Å²) in [4.78, 5) is 18.7. The van der Waals surface area contributed by atoms with Crippen molar-refractivity contribution in [2.24, 2.45) is 4.99 Å². The molecule has 0 amide bonds. The van der Waals surface area contributed by atoms with Gasteiger partial charge >= 0.3 is 0 Å². The van der Waals surface area contributed by atoms with Gasteiger partial charge in [0.2, 0.25) is 5.88 Å². The van der Waals surface area contributed by atoms with Crippen LogP contribution in [0, 0.1) is 10.6 Å². The van der Waals surface area contributed by atoms with Crippen LogP contribution in [0.4, 0.5) is 10.1 Å². The maximum atomic E-state index is 13.1. The number of H-pyrrole nitrogens is 1. The lowest BCUT2D eigenvalue weighted by atomic mass is 10.2. The molecule has 0 fully saturated rings. The molecule has 0 bridgehead atoms. The van der Waals surface area contributed by atoms with E-state index in [1.165, 1.54) is 35.0 Å². The minimum atomic E-state index is -0.585. The highest BCUT2D eigenvalue weighted by Crippen LogP contribution is 2.20.